The van der Waals surface area contributed by atoms with Gasteiger partial charge in [-0.25, -0.2) is 9.97 Å². The molecular weight excluding hydrogens is 1840 g/mol. The normalized spacial score (nSPS) is 20.2. The molecule has 0 radical (unpaired) electrons. The van der Waals surface area contributed by atoms with Crippen molar-refractivity contribution in [2.75, 3.05) is 159 Å². The van der Waals surface area contributed by atoms with E-state index in [1.54, 1.807) is 49.1 Å². The first-order valence-electron chi connectivity index (χ1n) is 42.4. The maximum atomic E-state index is 9.87. The predicted octanol–water partition coefficient (Wildman–Crippen LogP) is 19.6. The molecule has 4 aromatic heterocycles. The molecule has 6 heterocycles. The summed E-state index contributed by atoms with van der Waals surface area (Å²) in [4.78, 5) is 13.9. The molecule has 136 heavy (non-hydrogen) atoms. The van der Waals surface area contributed by atoms with Gasteiger partial charge in [0.2, 0.25) is 0 Å². The van der Waals surface area contributed by atoms with Crippen molar-refractivity contribution in [2.45, 2.75) is 77.0 Å². The Morgan fingerprint density at radius 3 is 0.522 bits per heavy atom. The smallest absolute Gasteiger partial charge is 0.167 e. The molecule has 6 aromatic carbocycles. The van der Waals surface area contributed by atoms with Crippen LogP contribution in [0.5, 0.6) is 46.0 Å². The third-order valence-corrected chi connectivity index (χ3v) is 21.5. The SMILES string of the molecule is CC#N.CC#N.CC#N.CC#N.CC12c3ccccc3C3(C)c4cc5c(cc41)OCCOCCOCCOc1cc4c(cc1OCCOCCOCCO5)C1(C)c5ccccc5C4(C)c4cc5c(cc41)OCCOCCOCCOc1cc3c2cc1OCCOCCOCCO5.F[P-](F)(F)(F)(F)F.F[P-](F)(F)(F)(F)F.O.O.c1cc(-c2cc[nH+]cc2)ccn1.c1cc(-c2cc[nH+]cc2)ccn1. The number of H-pyrrole nitrogens is 2. The van der Waals surface area contributed by atoms with E-state index in [2.05, 4.69) is 145 Å². The summed E-state index contributed by atoms with van der Waals surface area (Å²) >= 11 is 0. The minimum absolute atomic E-state index is 0. The number of ether oxygens (including phenoxy) is 16. The summed E-state index contributed by atoms with van der Waals surface area (Å²) in [6.07, 6.45) is 14.8. The van der Waals surface area contributed by atoms with Gasteiger partial charge in [-0.3, -0.25) is 9.97 Å². The molecule has 0 fully saturated rings. The van der Waals surface area contributed by atoms with E-state index in [1.165, 1.54) is 72.2 Å². The molecule has 10 aromatic rings. The van der Waals surface area contributed by atoms with E-state index < -0.39 is 37.3 Å². The fourth-order valence-corrected chi connectivity index (χ4v) is 16.1. The van der Waals surface area contributed by atoms with Gasteiger partial charge >= 0.3 is 66.0 Å². The number of fused-ring (bicyclic) bond motifs is 4. The molecule has 18 rings (SSSR count). The van der Waals surface area contributed by atoms with Gasteiger partial charge in [0.25, 0.3) is 0 Å². The number of hydrogen-bond acceptors (Lipinski definition) is 22. The van der Waals surface area contributed by atoms with E-state index in [0.717, 1.165) is 44.5 Å². The molecule has 2 aliphatic heterocycles. The van der Waals surface area contributed by atoms with Crippen LogP contribution in [0.1, 0.15) is 122 Å². The van der Waals surface area contributed by atoms with Crippen molar-refractivity contribution in [1.82, 2.24) is 9.97 Å². The van der Waals surface area contributed by atoms with Crippen LogP contribution in [0.3, 0.4) is 0 Å². The Labute approximate surface area is 780 Å². The second kappa shape index (κ2) is 48.6. The van der Waals surface area contributed by atoms with Crippen molar-refractivity contribution < 1.29 is 147 Å². The van der Waals surface area contributed by atoms with E-state index in [1.807, 2.05) is 73.3 Å². The van der Waals surface area contributed by atoms with Crippen molar-refractivity contribution in [3.05, 3.63) is 262 Å². The zero-order chi connectivity index (χ0) is 97.2. The molecular formula is C96H110F12N8O18P2. The second-order valence-electron chi connectivity index (χ2n) is 30.5. The van der Waals surface area contributed by atoms with Gasteiger partial charge in [0.1, 0.15) is 52.9 Å². The van der Waals surface area contributed by atoms with Crippen molar-refractivity contribution in [1.29, 1.82) is 21.0 Å². The average Bonchev–Trinajstić information content (AvgIpc) is 0.665. The first-order chi connectivity index (χ1) is 63.7. The Hall–Kier alpha value is -12.1. The summed E-state index contributed by atoms with van der Waals surface area (Å²) in [7, 11) is -21.3. The van der Waals surface area contributed by atoms with Gasteiger partial charge in [0.15, 0.2) is 70.8 Å². The Balaban J connectivity index is 0.000000392. The summed E-state index contributed by atoms with van der Waals surface area (Å²) in [5.41, 5.74) is 16.1. The van der Waals surface area contributed by atoms with Crippen LogP contribution in [-0.2, 0) is 59.6 Å². The largest absolute Gasteiger partial charge is 0.412 e. The van der Waals surface area contributed by atoms with Gasteiger partial charge in [0.05, 0.1) is 130 Å². The van der Waals surface area contributed by atoms with Gasteiger partial charge in [-0.1, -0.05) is 48.5 Å². The molecule has 0 saturated carbocycles. The summed E-state index contributed by atoms with van der Waals surface area (Å²) in [6.45, 7) is 22.8. The van der Waals surface area contributed by atoms with Crippen LogP contribution in [0.25, 0.3) is 22.3 Å². The quantitative estimate of drug-likeness (QED) is 0.115. The molecule has 8 aliphatic rings. The second-order valence-corrected chi connectivity index (χ2v) is 34.3. The summed E-state index contributed by atoms with van der Waals surface area (Å²) in [5.74, 6) is 4.96. The molecule has 26 nitrogen and oxygen atoms in total. The number of benzene rings is 6. The first kappa shape index (κ1) is 111. The van der Waals surface area contributed by atoms with Crippen molar-refractivity contribution in [2.24, 2.45) is 0 Å². The number of pyridine rings is 4. The monoisotopic (exact) mass is 1950 g/mol. The minimum Gasteiger partial charge on any atom is -0.412 e. The van der Waals surface area contributed by atoms with Gasteiger partial charge in [-0.2, -0.15) is 21.0 Å². The molecule has 40 heteroatoms. The number of nitrogens with one attached hydrogen (secondary N) is 2. The predicted molar refractivity (Wildman–Crippen MR) is 483 cm³/mol. The maximum Gasteiger partial charge on any atom is 0.167 e. The van der Waals surface area contributed by atoms with Crippen LogP contribution in [0, 0.1) is 45.3 Å². The fraction of sp³-hybridized carbons (Fsp3) is 0.375. The minimum atomic E-state index is -10.7. The van der Waals surface area contributed by atoms with Crippen LogP contribution >= 0.6 is 15.6 Å². The Bertz CT molecular complexity index is 4850. The Morgan fingerprint density at radius 2 is 0.375 bits per heavy atom. The summed E-state index contributed by atoms with van der Waals surface area (Å²) in [5, 5.41) is 29.3. The number of halogens is 12. The molecule has 0 spiro atoms. The van der Waals surface area contributed by atoms with Crippen molar-refractivity contribution in [3.63, 3.8) is 0 Å². The molecule has 6 aliphatic carbocycles. The molecule has 0 unspecified atom stereocenters. The van der Waals surface area contributed by atoms with E-state index in [9.17, 15) is 50.4 Å². The zero-order valence-electron chi connectivity index (χ0n) is 76.1. The number of nitriles is 4. The van der Waals surface area contributed by atoms with E-state index >= 15 is 0 Å². The van der Waals surface area contributed by atoms with Crippen LogP contribution in [0.15, 0.2) is 195 Å². The summed E-state index contributed by atoms with van der Waals surface area (Å²) < 4.78 is 221. The first-order valence-corrected chi connectivity index (χ1v) is 46.5. The molecule has 0 amide bonds. The molecule has 4 bridgehead atoms. The average molecular weight is 1950 g/mol. The molecule has 0 saturated heterocycles. The number of rotatable bonds is 2. The number of nitrogens with zero attached hydrogens (tertiary/aromatic N) is 6. The third-order valence-electron chi connectivity index (χ3n) is 21.5. The molecule has 6 N–H and O–H groups in total. The maximum absolute atomic E-state index is 10.7. The van der Waals surface area contributed by atoms with E-state index in [0.29, 0.717) is 152 Å². The Morgan fingerprint density at radius 1 is 0.243 bits per heavy atom. The van der Waals surface area contributed by atoms with Crippen molar-refractivity contribution in [3.8, 4) is 92.5 Å². The van der Waals surface area contributed by atoms with Gasteiger partial charge in [-0.15, -0.1) is 0 Å². The standard InChI is InChI=1S/C68H76O16.2C10H8N2.4C2H3N.2F6P.2H2O/c1-65-45-9-5-6-10-46(45)66(2)51-39-59-57(37-49(51)65)77-29-21-69-13-15-73-25-33-81-61-41-53-55(43-63(61)83-35-27-75-19-17-71-23-31-79-59)68(4)48-12-8-7-11-47(48)67(53,3)54-42-62-64(44-56(54)68)84-36-28-76-20-18-72-24-32-80-60-40-52(66)50(65)38-58(60)78-30-22-70-14-16-74-26-34-82-62;2*1-5-11-6-2-9(1)10-3-7-12-8-4-10;4*1-2-3;2*1-7(2,3,4,5)6;;/h5-12,37-44H,13-36H2,1-4H3;2*1-8H;4*1H3;;;2*1H2/q;;;;;;;2*-1;;/p+2. The van der Waals surface area contributed by atoms with Gasteiger partial charge in [0, 0.05) is 98.4 Å². The van der Waals surface area contributed by atoms with Gasteiger partial charge < -0.3 is 86.7 Å². The van der Waals surface area contributed by atoms with Crippen molar-refractivity contribution >= 4 is 15.6 Å². The zero-order valence-corrected chi connectivity index (χ0v) is 77.9. The van der Waals surface area contributed by atoms with Gasteiger partial charge in [-0.05, 0) is 190 Å². The number of aromatic amines is 2. The van der Waals surface area contributed by atoms with E-state index in [4.69, 9.17) is 96.8 Å². The van der Waals surface area contributed by atoms with Crippen LogP contribution in [-0.4, -0.2) is 179 Å². The summed E-state index contributed by atoms with van der Waals surface area (Å²) in [6, 6.07) is 57.9. The molecule has 0 atom stereocenters. The number of aromatic nitrogens is 4. The number of hydrogen-bond donors (Lipinski definition) is 0. The Kier molecular flexibility index (Phi) is 39.6. The van der Waals surface area contributed by atoms with Crippen LogP contribution in [0.2, 0.25) is 0 Å². The molecule has 736 valence electrons. The topological polar surface area (TPSA) is 360 Å². The van der Waals surface area contributed by atoms with Crippen LogP contribution < -0.4 is 47.9 Å². The van der Waals surface area contributed by atoms with E-state index in [-0.39, 0.29) is 63.8 Å². The fourth-order valence-electron chi connectivity index (χ4n) is 16.1. The van der Waals surface area contributed by atoms with Crippen LogP contribution in [0.4, 0.5) is 50.4 Å². The third kappa shape index (κ3) is 31.5.